The zero-order valence-corrected chi connectivity index (χ0v) is 28.6. The number of ether oxygens (including phenoxy) is 2. The highest BCUT2D eigenvalue weighted by Gasteiger charge is 2.32. The normalized spacial score (nSPS) is 12.8. The van der Waals surface area contributed by atoms with Crippen molar-refractivity contribution in [2.75, 3.05) is 25.7 Å². The van der Waals surface area contributed by atoms with E-state index in [-0.39, 0.29) is 66.7 Å². The van der Waals surface area contributed by atoms with Gasteiger partial charge in [-0.1, -0.05) is 12.1 Å². The number of aromatic hydroxyl groups is 2. The second-order valence-electron chi connectivity index (χ2n) is 11.4. The summed E-state index contributed by atoms with van der Waals surface area (Å²) in [7, 11) is -7.67. The number of hydrogen-bond acceptors (Lipinski definition) is 14. The largest absolute Gasteiger partial charge is 0.505 e. The van der Waals surface area contributed by atoms with Crippen molar-refractivity contribution in [2.45, 2.75) is 9.79 Å². The molecule has 0 aliphatic carbocycles. The van der Waals surface area contributed by atoms with Gasteiger partial charge < -0.3 is 31.2 Å². The van der Waals surface area contributed by atoms with E-state index in [2.05, 4.69) is 21.3 Å². The Labute approximate surface area is 298 Å². The number of nitrogens with one attached hydrogen (secondary N) is 2. The molecule has 0 spiro atoms. The first-order valence-electron chi connectivity index (χ1n) is 15.6. The number of methoxy groups -OCH3 is 2. The second kappa shape index (κ2) is 12.8. The molecule has 0 radical (unpaired) electrons. The molecule has 0 aliphatic rings. The lowest BCUT2D eigenvalue weighted by Crippen LogP contribution is -2.04. The molecule has 6 aromatic carbocycles. The summed E-state index contributed by atoms with van der Waals surface area (Å²) in [5.41, 5.74) is 17.7. The number of benzene rings is 6. The number of phenols is 2. The van der Waals surface area contributed by atoms with Crippen LogP contribution in [-0.4, -0.2) is 50.4 Å². The van der Waals surface area contributed by atoms with Crippen molar-refractivity contribution >= 4 is 64.5 Å². The minimum atomic E-state index is -5.15. The van der Waals surface area contributed by atoms with Gasteiger partial charge in [-0.15, -0.1) is 0 Å². The molecule has 0 aromatic heterocycles. The van der Waals surface area contributed by atoms with Crippen LogP contribution in [0.5, 0.6) is 23.0 Å². The number of anilines is 2. The van der Waals surface area contributed by atoms with E-state index in [0.29, 0.717) is 11.1 Å². The van der Waals surface area contributed by atoms with Gasteiger partial charge >= 0.3 is 0 Å². The predicted molar refractivity (Wildman–Crippen MR) is 192 cm³/mol. The summed E-state index contributed by atoms with van der Waals surface area (Å²) in [5, 5.41) is 29.3. The van der Waals surface area contributed by atoms with Crippen molar-refractivity contribution in [2.24, 2.45) is 10.2 Å². The van der Waals surface area contributed by atoms with Crippen LogP contribution >= 0.6 is 0 Å². The summed E-state index contributed by atoms with van der Waals surface area (Å²) in [6, 6.07) is 17.6. The first-order valence-corrected chi connectivity index (χ1v) is 17.6. The lowest BCUT2D eigenvalue weighted by atomic mass is 9.92. The molecule has 266 valence electrons. The number of nitrogens with two attached hydrogens (primary N) is 2. The van der Waals surface area contributed by atoms with Gasteiger partial charge in [0.05, 0.1) is 14.2 Å². The standard InChI is InChI=1S/C34H28N6O10S2/c1-49-25-11-15(3-7-21(25)27-23-13-17(35)5-9-19(23)31(41)29(39-37)33(27)51(43,44)45)16-4-8-22(26(12-16)50-2)28-24-14-18(36)6-10-20(24)32(42)30(40-38)34(28)52(46,47)48/h3-14,37-38,41-42H,35-36H2,1-2H3,(H,43,44,45)(H,46,47,48)/b39-37+,40-38+. The third kappa shape index (κ3) is 5.74. The predicted octanol–water partition coefficient (Wildman–Crippen LogP) is 7.41. The first kappa shape index (κ1) is 32.8. The summed E-state index contributed by atoms with van der Waals surface area (Å²) in [4.78, 5) is -1.71. The van der Waals surface area contributed by atoms with Crippen LogP contribution in [-0.2, 0) is 20.2 Å². The maximum absolute atomic E-state index is 12.9. The molecular formula is C34H28N6O10S2. The number of hydrogen-bond donors (Lipinski definition) is 8. The van der Waals surface area contributed by atoms with Crippen molar-refractivity contribution in [1.29, 1.82) is 11.0 Å². The summed E-state index contributed by atoms with van der Waals surface area (Å²) in [6.07, 6.45) is 0. The van der Waals surface area contributed by atoms with E-state index in [1.807, 2.05) is 0 Å². The Morgan fingerprint density at radius 2 is 1.00 bits per heavy atom. The van der Waals surface area contributed by atoms with Crippen LogP contribution in [0.3, 0.4) is 0 Å². The van der Waals surface area contributed by atoms with Crippen LogP contribution in [0.1, 0.15) is 0 Å². The molecule has 16 nitrogen and oxygen atoms in total. The Hall–Kier alpha value is -6.34. The van der Waals surface area contributed by atoms with E-state index in [0.717, 1.165) is 0 Å². The Morgan fingerprint density at radius 3 is 1.33 bits per heavy atom. The Bertz CT molecular complexity index is 2640. The van der Waals surface area contributed by atoms with E-state index < -0.39 is 52.9 Å². The Balaban J connectivity index is 1.63. The quantitative estimate of drug-likeness (QED) is 0.0408. The fourth-order valence-corrected chi connectivity index (χ4v) is 8.00. The molecule has 6 aromatic rings. The zero-order chi connectivity index (χ0) is 39.3. The Kier molecular flexibility index (Phi) is 8.06. The van der Waals surface area contributed by atoms with Crippen molar-refractivity contribution in [1.82, 2.24) is 0 Å². The van der Waals surface area contributed by atoms with Crippen LogP contribution in [0.4, 0.5) is 22.7 Å². The third-order valence-corrected chi connectivity index (χ3v) is 10.3. The average molecular weight is 745 g/mol. The maximum atomic E-state index is 12.9. The van der Waals surface area contributed by atoms with Gasteiger partial charge in [-0.3, -0.25) is 9.11 Å². The minimum Gasteiger partial charge on any atom is -0.505 e. The molecule has 0 saturated carbocycles. The maximum Gasteiger partial charge on any atom is 0.297 e. The first-order chi connectivity index (χ1) is 25.5. The summed E-state index contributed by atoms with van der Waals surface area (Å²) in [6.45, 7) is 0. The van der Waals surface area contributed by atoms with Crippen LogP contribution in [0.25, 0.3) is 54.9 Å². The van der Waals surface area contributed by atoms with E-state index in [1.165, 1.54) is 74.9 Å². The molecule has 6 rings (SSSR count). The van der Waals surface area contributed by atoms with Crippen LogP contribution in [0.15, 0.2) is 92.8 Å². The molecule has 0 bridgehead atoms. The molecule has 0 aliphatic heterocycles. The molecular weight excluding hydrogens is 717 g/mol. The van der Waals surface area contributed by atoms with Gasteiger partial charge in [-0.05, 0) is 82.6 Å². The number of rotatable bonds is 9. The minimum absolute atomic E-state index is 0.0719. The van der Waals surface area contributed by atoms with Gasteiger partial charge in [-0.2, -0.15) is 27.1 Å². The van der Waals surface area contributed by atoms with Crippen LogP contribution < -0.4 is 20.9 Å². The third-order valence-electron chi connectivity index (χ3n) is 8.46. The molecule has 52 heavy (non-hydrogen) atoms. The summed E-state index contributed by atoms with van der Waals surface area (Å²) < 4.78 is 98.1. The molecule has 0 saturated heterocycles. The van der Waals surface area contributed by atoms with Crippen molar-refractivity contribution in [3.8, 4) is 56.4 Å². The van der Waals surface area contributed by atoms with Crippen molar-refractivity contribution in [3.05, 3.63) is 72.8 Å². The van der Waals surface area contributed by atoms with E-state index in [1.54, 1.807) is 12.1 Å². The molecule has 18 heteroatoms. The van der Waals surface area contributed by atoms with E-state index in [9.17, 15) is 36.2 Å². The van der Waals surface area contributed by atoms with Crippen molar-refractivity contribution in [3.63, 3.8) is 0 Å². The molecule has 0 heterocycles. The van der Waals surface area contributed by atoms with Gasteiger partial charge in [0.1, 0.15) is 32.7 Å². The smallest absolute Gasteiger partial charge is 0.297 e. The second-order valence-corrected chi connectivity index (χ2v) is 14.1. The summed E-state index contributed by atoms with van der Waals surface area (Å²) >= 11 is 0. The van der Waals surface area contributed by atoms with Crippen LogP contribution in [0.2, 0.25) is 2.82 Å². The zero-order valence-electron chi connectivity index (χ0n) is 28.9. The van der Waals surface area contributed by atoms with Crippen LogP contribution in [0, 0.1) is 11.0 Å². The van der Waals surface area contributed by atoms with Gasteiger partial charge in [0.2, 0.25) is 2.82 Å². The lowest BCUT2D eigenvalue weighted by molar-refractivity contribution is 0.415. The number of fused-ring (bicyclic) bond motifs is 2. The number of phenolic OH excluding ortho intramolecular Hbond substituents is 2. The molecule has 0 atom stereocenters. The topological polar surface area (TPSA) is 292 Å². The van der Waals surface area contributed by atoms with Gasteiger partial charge in [0.15, 0.2) is 11.5 Å². The highest BCUT2D eigenvalue weighted by atomic mass is 32.2. The van der Waals surface area contributed by atoms with Gasteiger partial charge in [-0.25, -0.2) is 11.0 Å². The molecule has 0 amide bonds. The molecule has 0 unspecified atom stereocenters. The Morgan fingerprint density at radius 1 is 0.615 bits per heavy atom. The molecule has 0 fully saturated rings. The number of nitrogens with zero attached hydrogens (tertiary/aromatic N) is 2. The van der Waals surface area contributed by atoms with Gasteiger partial charge in [0, 0.05) is 44.4 Å². The highest BCUT2D eigenvalue weighted by molar-refractivity contribution is 7.86. The summed E-state index contributed by atoms with van der Waals surface area (Å²) in [5.74, 6) is -1.20. The van der Waals surface area contributed by atoms with Crippen molar-refractivity contribution < 1.29 is 48.5 Å². The fourth-order valence-electron chi connectivity index (χ4n) is 6.28. The van der Waals surface area contributed by atoms with E-state index in [4.69, 9.17) is 23.8 Å². The van der Waals surface area contributed by atoms with Gasteiger partial charge in [0.25, 0.3) is 20.2 Å². The van der Waals surface area contributed by atoms with E-state index >= 15 is 0 Å². The monoisotopic (exact) mass is 744 g/mol. The highest BCUT2D eigenvalue weighted by Crippen LogP contribution is 2.52. The number of nitrogen functional groups attached to an aromatic ring is 2. The molecule has 10 N–H and O–H groups in total. The fraction of sp³-hybridized carbons (Fsp3) is 0.0588. The lowest BCUT2D eigenvalue weighted by Gasteiger charge is -2.20. The SMILES string of the molecule is [H]/N=N/c1c(S(=O)(=O)O)c(-c2ccc(-c3ccc(-c4c(S(=O)(=O)O)c(/N=N/[H])c(O)c5ccc(N)cc45)c(OC)c3)cc2OC)c2cc(N)ccc2c1O. The average Bonchev–Trinajstić information content (AvgIpc) is 3.12.